The zero-order chi connectivity index (χ0) is 22.1. The van der Waals surface area contributed by atoms with E-state index in [4.69, 9.17) is 5.73 Å². The van der Waals surface area contributed by atoms with E-state index in [1.54, 1.807) is 24.2 Å². The molecule has 7 nitrogen and oxygen atoms in total. The summed E-state index contributed by atoms with van der Waals surface area (Å²) in [5.41, 5.74) is 6.52. The number of nitrogen functional groups attached to an aromatic ring is 1. The number of carbonyl (C=O) groups excluding carboxylic acids is 2. The molecule has 2 rings (SSSR count). The third-order valence-electron chi connectivity index (χ3n) is 5.92. The molecule has 0 aromatic carbocycles. The van der Waals surface area contributed by atoms with Crippen LogP contribution in [-0.4, -0.2) is 47.4 Å². The lowest BCUT2D eigenvalue weighted by molar-refractivity contribution is -0.141. The van der Waals surface area contributed by atoms with Gasteiger partial charge < -0.3 is 21.3 Å². The van der Waals surface area contributed by atoms with Crippen molar-refractivity contribution >= 4 is 17.6 Å². The Morgan fingerprint density at radius 3 is 2.50 bits per heavy atom. The second kappa shape index (κ2) is 11.9. The molecule has 4 N–H and O–H groups in total. The van der Waals surface area contributed by atoms with Gasteiger partial charge in [0.15, 0.2) is 0 Å². The molecule has 2 atom stereocenters. The summed E-state index contributed by atoms with van der Waals surface area (Å²) in [5, 5.41) is 6.28. The van der Waals surface area contributed by atoms with E-state index in [1.165, 1.54) is 19.3 Å². The Morgan fingerprint density at radius 2 is 1.90 bits per heavy atom. The summed E-state index contributed by atoms with van der Waals surface area (Å²) >= 11 is 0. The fourth-order valence-electron chi connectivity index (χ4n) is 3.99. The van der Waals surface area contributed by atoms with E-state index in [-0.39, 0.29) is 17.9 Å². The highest BCUT2D eigenvalue weighted by Gasteiger charge is 2.32. The largest absolute Gasteiger partial charge is 0.384 e. The number of rotatable bonds is 10. The Bertz CT molecular complexity index is 671. The number of hydrogen-bond donors (Lipinski definition) is 3. The highest BCUT2D eigenvalue weighted by atomic mass is 16.2. The number of nitrogens with two attached hydrogens (primary N) is 1. The van der Waals surface area contributed by atoms with Crippen LogP contribution in [0.4, 0.5) is 5.82 Å². The predicted octanol–water partition coefficient (Wildman–Crippen LogP) is 2.71. The van der Waals surface area contributed by atoms with Crippen molar-refractivity contribution in [2.24, 2.45) is 11.8 Å². The number of likely N-dealkylation sites (N-methyl/N-ethyl adjacent to an activating group) is 1. The summed E-state index contributed by atoms with van der Waals surface area (Å²) in [6.07, 6.45) is 8.33. The van der Waals surface area contributed by atoms with Gasteiger partial charge >= 0.3 is 0 Å². The van der Waals surface area contributed by atoms with Gasteiger partial charge in [0.25, 0.3) is 0 Å². The molecule has 0 spiro atoms. The van der Waals surface area contributed by atoms with Crippen LogP contribution in [0.2, 0.25) is 0 Å². The fourth-order valence-corrected chi connectivity index (χ4v) is 3.99. The minimum absolute atomic E-state index is 0.0410. The summed E-state index contributed by atoms with van der Waals surface area (Å²) in [7, 11) is 1.76. The highest BCUT2D eigenvalue weighted by Crippen LogP contribution is 2.28. The lowest BCUT2D eigenvalue weighted by Crippen LogP contribution is -2.53. The van der Waals surface area contributed by atoms with Crippen LogP contribution in [0.3, 0.4) is 0 Å². The van der Waals surface area contributed by atoms with E-state index in [1.807, 2.05) is 13.0 Å². The Labute approximate surface area is 181 Å². The zero-order valence-electron chi connectivity index (χ0n) is 19.0. The van der Waals surface area contributed by atoms with Crippen molar-refractivity contribution in [1.82, 2.24) is 20.5 Å². The predicted molar refractivity (Wildman–Crippen MR) is 121 cm³/mol. The highest BCUT2D eigenvalue weighted by molar-refractivity contribution is 5.89. The van der Waals surface area contributed by atoms with Crippen molar-refractivity contribution in [3.8, 4) is 0 Å². The van der Waals surface area contributed by atoms with Crippen molar-refractivity contribution in [2.75, 3.05) is 19.3 Å². The smallest absolute Gasteiger partial charge is 0.243 e. The molecule has 30 heavy (non-hydrogen) atoms. The zero-order valence-corrected chi connectivity index (χ0v) is 19.0. The first-order chi connectivity index (χ1) is 14.3. The Hall–Kier alpha value is -2.15. The summed E-state index contributed by atoms with van der Waals surface area (Å²) in [5.74, 6) is 1.25. The van der Waals surface area contributed by atoms with Crippen LogP contribution >= 0.6 is 0 Å². The molecule has 7 heteroatoms. The molecule has 0 saturated heterocycles. The van der Waals surface area contributed by atoms with Gasteiger partial charge in [-0.1, -0.05) is 52.0 Å². The van der Waals surface area contributed by atoms with Crippen molar-refractivity contribution in [1.29, 1.82) is 0 Å². The van der Waals surface area contributed by atoms with E-state index in [9.17, 15) is 9.59 Å². The van der Waals surface area contributed by atoms with Crippen LogP contribution in [0.15, 0.2) is 18.3 Å². The third kappa shape index (κ3) is 7.59. The van der Waals surface area contributed by atoms with Crippen molar-refractivity contribution in [3.63, 3.8) is 0 Å². The molecule has 0 aliphatic heterocycles. The SMILES string of the molecule is CC(C)CN[C@@H](C)C(=O)N(C)[C@@H](CC1CCCCC1)C(=O)NCc1ccc(N)nc1. The van der Waals surface area contributed by atoms with E-state index in [2.05, 4.69) is 29.5 Å². The van der Waals surface area contributed by atoms with Crippen molar-refractivity contribution in [2.45, 2.75) is 77.9 Å². The first-order valence-electron chi connectivity index (χ1n) is 11.3. The van der Waals surface area contributed by atoms with Gasteiger partial charge in [-0.25, -0.2) is 4.98 Å². The molecule has 1 aromatic rings. The van der Waals surface area contributed by atoms with Gasteiger partial charge in [0.2, 0.25) is 11.8 Å². The fraction of sp³-hybridized carbons (Fsp3) is 0.696. The summed E-state index contributed by atoms with van der Waals surface area (Å²) in [6.45, 7) is 7.23. The number of carbonyl (C=O) groups is 2. The van der Waals surface area contributed by atoms with Gasteiger partial charge in [-0.3, -0.25) is 9.59 Å². The molecule has 1 saturated carbocycles. The Kier molecular flexibility index (Phi) is 9.56. The second-order valence-corrected chi connectivity index (χ2v) is 9.04. The molecule has 0 unspecified atom stereocenters. The third-order valence-corrected chi connectivity index (χ3v) is 5.92. The Morgan fingerprint density at radius 1 is 1.20 bits per heavy atom. The molecule has 1 heterocycles. The molecule has 1 aliphatic rings. The van der Waals surface area contributed by atoms with Crippen LogP contribution in [0.1, 0.15) is 64.9 Å². The topological polar surface area (TPSA) is 100 Å². The number of aromatic nitrogens is 1. The molecule has 1 aromatic heterocycles. The van der Waals surface area contributed by atoms with E-state index >= 15 is 0 Å². The molecule has 168 valence electrons. The molecular weight excluding hydrogens is 378 g/mol. The van der Waals surface area contributed by atoms with Gasteiger partial charge in [-0.2, -0.15) is 0 Å². The van der Waals surface area contributed by atoms with Crippen LogP contribution in [0.5, 0.6) is 0 Å². The number of nitrogens with one attached hydrogen (secondary N) is 2. The van der Waals surface area contributed by atoms with Crippen LogP contribution in [0, 0.1) is 11.8 Å². The van der Waals surface area contributed by atoms with Gasteiger partial charge in [0.1, 0.15) is 11.9 Å². The molecular formula is C23H39N5O2. The molecule has 0 bridgehead atoms. The average Bonchev–Trinajstić information content (AvgIpc) is 2.74. The minimum Gasteiger partial charge on any atom is -0.384 e. The Balaban J connectivity index is 2.04. The maximum atomic E-state index is 13.1. The minimum atomic E-state index is -0.467. The van der Waals surface area contributed by atoms with E-state index in [0.29, 0.717) is 30.6 Å². The lowest BCUT2D eigenvalue weighted by atomic mass is 9.84. The number of hydrogen-bond acceptors (Lipinski definition) is 5. The van der Waals surface area contributed by atoms with Crippen molar-refractivity contribution in [3.05, 3.63) is 23.9 Å². The quantitative estimate of drug-likeness (QED) is 0.543. The first-order valence-corrected chi connectivity index (χ1v) is 11.3. The van der Waals surface area contributed by atoms with Gasteiger partial charge in [-0.05, 0) is 43.4 Å². The maximum Gasteiger partial charge on any atom is 0.243 e. The summed E-state index contributed by atoms with van der Waals surface area (Å²) in [4.78, 5) is 31.8. The van der Waals surface area contributed by atoms with Gasteiger partial charge in [0.05, 0.1) is 6.04 Å². The van der Waals surface area contributed by atoms with Crippen LogP contribution < -0.4 is 16.4 Å². The normalized spacial score (nSPS) is 16.8. The van der Waals surface area contributed by atoms with Gasteiger partial charge in [-0.15, -0.1) is 0 Å². The van der Waals surface area contributed by atoms with E-state index in [0.717, 1.165) is 24.9 Å². The molecule has 2 amide bonds. The monoisotopic (exact) mass is 417 g/mol. The van der Waals surface area contributed by atoms with E-state index < -0.39 is 6.04 Å². The second-order valence-electron chi connectivity index (χ2n) is 9.04. The summed E-state index contributed by atoms with van der Waals surface area (Å²) < 4.78 is 0. The summed E-state index contributed by atoms with van der Waals surface area (Å²) in [6, 6.07) is 2.79. The number of nitrogens with zero attached hydrogens (tertiary/aromatic N) is 2. The molecule has 0 radical (unpaired) electrons. The average molecular weight is 418 g/mol. The maximum absolute atomic E-state index is 13.1. The molecule has 1 fully saturated rings. The first kappa shape index (κ1) is 24.1. The number of amides is 2. The van der Waals surface area contributed by atoms with Crippen molar-refractivity contribution < 1.29 is 9.59 Å². The number of anilines is 1. The lowest BCUT2D eigenvalue weighted by Gasteiger charge is -2.33. The number of pyridine rings is 1. The standard InChI is InChI=1S/C23H39N5O2/c1-16(2)13-25-17(3)23(30)28(4)20(12-18-8-6-5-7-9-18)22(29)27-15-19-10-11-21(24)26-14-19/h10-11,14,16-18,20,25H,5-9,12-13,15H2,1-4H3,(H2,24,26)(H,27,29)/t17-,20-/m0/s1. The van der Waals surface area contributed by atoms with Gasteiger partial charge in [0, 0.05) is 19.8 Å². The van der Waals surface area contributed by atoms with Crippen LogP contribution in [0.25, 0.3) is 0 Å². The molecule has 1 aliphatic carbocycles. The van der Waals surface area contributed by atoms with Crippen LogP contribution in [-0.2, 0) is 16.1 Å².